The Morgan fingerprint density at radius 3 is 2.86 bits per heavy atom. The average Bonchev–Trinajstić information content (AvgIpc) is 2.74. The zero-order valence-corrected chi connectivity index (χ0v) is 11.5. The molecule has 3 N–H and O–H groups in total. The maximum atomic E-state index is 11.8. The highest BCUT2D eigenvalue weighted by atomic mass is 35.5. The fraction of sp³-hybridized carbons (Fsp3) is 0.385. The molecule has 21 heavy (non-hydrogen) atoms. The fourth-order valence-electron chi connectivity index (χ4n) is 2.28. The van der Waals surface area contributed by atoms with Crippen LogP contribution in [0.3, 0.4) is 0 Å². The number of aliphatic hydroxyl groups excluding tert-OH is 2. The maximum Gasteiger partial charge on any atom is 0.330 e. The van der Waals surface area contributed by atoms with Crippen molar-refractivity contribution >= 4 is 11.6 Å². The van der Waals surface area contributed by atoms with E-state index in [4.69, 9.17) is 22.8 Å². The van der Waals surface area contributed by atoms with E-state index in [9.17, 15) is 19.8 Å². The largest absolute Gasteiger partial charge is 0.392 e. The van der Waals surface area contributed by atoms with Crippen molar-refractivity contribution in [2.45, 2.75) is 17.9 Å². The molecule has 1 fully saturated rings. The summed E-state index contributed by atoms with van der Waals surface area (Å²) in [7, 11) is 0. The van der Waals surface area contributed by atoms with Gasteiger partial charge in [-0.15, -0.1) is 6.42 Å². The van der Waals surface area contributed by atoms with Gasteiger partial charge in [0.15, 0.2) is 5.60 Å². The molecule has 0 aliphatic carbocycles. The van der Waals surface area contributed by atoms with Gasteiger partial charge < -0.3 is 14.9 Å². The molecule has 1 aliphatic rings. The number of hydrogen-bond acceptors (Lipinski definition) is 5. The van der Waals surface area contributed by atoms with Crippen molar-refractivity contribution < 1.29 is 14.9 Å². The minimum atomic E-state index is -1.65. The van der Waals surface area contributed by atoms with E-state index in [1.165, 1.54) is 12.3 Å². The molecular formula is C13H13ClN2O5. The molecule has 0 unspecified atom stereocenters. The van der Waals surface area contributed by atoms with Gasteiger partial charge in [-0.3, -0.25) is 14.3 Å². The molecule has 112 valence electrons. The number of H-pyrrole nitrogens is 1. The Kier molecular flexibility index (Phi) is 4.34. The molecule has 0 saturated carbocycles. The lowest BCUT2D eigenvalue weighted by Crippen LogP contribution is -2.43. The van der Waals surface area contributed by atoms with E-state index >= 15 is 0 Å². The van der Waals surface area contributed by atoms with Crippen molar-refractivity contribution in [3.63, 3.8) is 0 Å². The highest BCUT2D eigenvalue weighted by Crippen LogP contribution is 2.41. The number of ether oxygens (including phenoxy) is 1. The summed E-state index contributed by atoms with van der Waals surface area (Å²) >= 11 is 5.54. The van der Waals surface area contributed by atoms with Crippen LogP contribution in [0.5, 0.6) is 0 Å². The van der Waals surface area contributed by atoms with Crippen molar-refractivity contribution in [3.05, 3.63) is 44.7 Å². The lowest BCUT2D eigenvalue weighted by molar-refractivity contribution is -0.0917. The van der Waals surface area contributed by atoms with Crippen LogP contribution in [0, 0.1) is 18.3 Å². The first-order valence-corrected chi connectivity index (χ1v) is 6.45. The van der Waals surface area contributed by atoms with Gasteiger partial charge in [0, 0.05) is 17.8 Å². The van der Waals surface area contributed by atoms with Crippen LogP contribution in [0.15, 0.2) is 33.5 Å². The molecule has 1 aromatic heterocycles. The zero-order chi connectivity index (χ0) is 15.6. The second-order valence-electron chi connectivity index (χ2n) is 4.56. The van der Waals surface area contributed by atoms with Gasteiger partial charge in [0.1, 0.15) is 12.3 Å². The molecule has 0 aromatic carbocycles. The van der Waals surface area contributed by atoms with Gasteiger partial charge in [-0.1, -0.05) is 23.6 Å². The van der Waals surface area contributed by atoms with Gasteiger partial charge in [-0.05, 0) is 0 Å². The zero-order valence-electron chi connectivity index (χ0n) is 10.8. The Morgan fingerprint density at radius 1 is 1.62 bits per heavy atom. The van der Waals surface area contributed by atoms with Crippen molar-refractivity contribution in [1.29, 1.82) is 0 Å². The van der Waals surface area contributed by atoms with E-state index in [-0.39, 0.29) is 0 Å². The Morgan fingerprint density at radius 2 is 2.33 bits per heavy atom. The lowest BCUT2D eigenvalue weighted by atomic mass is 9.91. The summed E-state index contributed by atoms with van der Waals surface area (Å²) in [5.74, 6) is 1.44. The van der Waals surface area contributed by atoms with Crippen LogP contribution in [0.25, 0.3) is 0 Å². The van der Waals surface area contributed by atoms with Crippen LogP contribution < -0.4 is 11.2 Å². The lowest BCUT2D eigenvalue weighted by Gasteiger charge is -2.23. The Balaban J connectivity index is 2.54. The van der Waals surface area contributed by atoms with Crippen molar-refractivity contribution in [1.82, 2.24) is 9.55 Å². The maximum absolute atomic E-state index is 11.8. The SMILES string of the molecule is C#C[C@]1(CO)O[C@@H](n2ccc(=O)[nH]c2=O)[C@@H](/C=C/Cl)[C@@H]1O. The first-order valence-electron chi connectivity index (χ1n) is 6.02. The average molecular weight is 313 g/mol. The molecule has 0 amide bonds. The molecule has 1 aromatic rings. The van der Waals surface area contributed by atoms with Crippen molar-refractivity contribution in [2.24, 2.45) is 5.92 Å². The van der Waals surface area contributed by atoms with Gasteiger partial charge in [-0.2, -0.15) is 0 Å². The van der Waals surface area contributed by atoms with E-state index in [2.05, 4.69) is 10.9 Å². The third-order valence-corrected chi connectivity index (χ3v) is 3.55. The second kappa shape index (κ2) is 5.87. The predicted molar refractivity (Wildman–Crippen MR) is 74.6 cm³/mol. The molecule has 0 radical (unpaired) electrons. The van der Waals surface area contributed by atoms with Crippen LogP contribution in [0.4, 0.5) is 0 Å². The highest BCUT2D eigenvalue weighted by molar-refractivity contribution is 6.25. The fourth-order valence-corrected chi connectivity index (χ4v) is 2.45. The Bertz CT molecular complexity index is 703. The van der Waals surface area contributed by atoms with Crippen LogP contribution in [-0.4, -0.2) is 38.1 Å². The summed E-state index contributed by atoms with van der Waals surface area (Å²) in [5, 5.41) is 19.7. The predicted octanol–water partition coefficient (Wildman–Crippen LogP) is -0.841. The van der Waals surface area contributed by atoms with Crippen molar-refractivity contribution in [3.8, 4) is 12.3 Å². The Labute approximate surface area is 124 Å². The standard InChI is InChI=1S/C13H13ClN2O5/c1-2-13(7-17)10(19)8(3-5-14)11(21-13)16-6-4-9(18)15-12(16)20/h1,3-6,8,10-11,17,19H,7H2,(H,15,18,20)/b5-3+/t8-,10-,11+,13+/m0/s1. The summed E-state index contributed by atoms with van der Waals surface area (Å²) in [4.78, 5) is 25.0. The second-order valence-corrected chi connectivity index (χ2v) is 4.81. The first kappa shape index (κ1) is 15.5. The number of aromatic nitrogens is 2. The first-order chi connectivity index (χ1) is 9.99. The van der Waals surface area contributed by atoms with E-state index in [0.29, 0.717) is 0 Å². The monoisotopic (exact) mass is 312 g/mol. The van der Waals surface area contributed by atoms with Crippen molar-refractivity contribution in [2.75, 3.05) is 6.61 Å². The molecule has 8 heteroatoms. The summed E-state index contributed by atoms with van der Waals surface area (Å²) in [6.45, 7) is -0.633. The molecule has 0 bridgehead atoms. The number of hydrogen-bond donors (Lipinski definition) is 3. The van der Waals surface area contributed by atoms with Gasteiger partial charge in [0.05, 0.1) is 12.5 Å². The third-order valence-electron chi connectivity index (χ3n) is 3.40. The molecule has 2 heterocycles. The normalized spacial score (nSPS) is 32.4. The summed E-state index contributed by atoms with van der Waals surface area (Å²) < 4.78 is 6.60. The van der Waals surface area contributed by atoms with E-state index in [0.717, 1.165) is 16.2 Å². The van der Waals surface area contributed by atoms with Gasteiger partial charge >= 0.3 is 5.69 Å². The molecule has 4 atom stereocenters. The summed E-state index contributed by atoms with van der Waals surface area (Å²) in [6, 6.07) is 1.13. The van der Waals surface area contributed by atoms with Crippen LogP contribution in [0.1, 0.15) is 6.23 Å². The quantitative estimate of drug-likeness (QED) is 0.631. The van der Waals surface area contributed by atoms with Gasteiger partial charge in [0.25, 0.3) is 5.56 Å². The number of aromatic amines is 1. The number of halogens is 1. The minimum Gasteiger partial charge on any atom is -0.392 e. The smallest absolute Gasteiger partial charge is 0.330 e. The number of rotatable bonds is 3. The molecule has 1 aliphatic heterocycles. The molecule has 1 saturated heterocycles. The molecule has 2 rings (SSSR count). The van der Waals surface area contributed by atoms with E-state index in [1.54, 1.807) is 0 Å². The number of nitrogens with zero attached hydrogens (tertiary/aromatic N) is 1. The molecule has 0 spiro atoms. The number of nitrogens with one attached hydrogen (secondary N) is 1. The Hall–Kier alpha value is -1.85. The summed E-state index contributed by atoms with van der Waals surface area (Å²) in [5.41, 5.74) is -1.78. The molecule has 7 nitrogen and oxygen atoms in total. The minimum absolute atomic E-state index is 0.565. The summed E-state index contributed by atoms with van der Waals surface area (Å²) in [6.07, 6.45) is 5.68. The topological polar surface area (TPSA) is 105 Å². The highest BCUT2D eigenvalue weighted by Gasteiger charge is 2.53. The van der Waals surface area contributed by atoms with E-state index < -0.39 is 41.7 Å². The van der Waals surface area contributed by atoms with Crippen LogP contribution >= 0.6 is 11.6 Å². The van der Waals surface area contributed by atoms with E-state index in [1.807, 2.05) is 0 Å². The number of terminal acetylenes is 1. The van der Waals surface area contributed by atoms with Crippen LogP contribution in [0.2, 0.25) is 0 Å². The number of aliphatic hydroxyl groups is 2. The third kappa shape index (κ3) is 2.54. The van der Waals surface area contributed by atoms with Gasteiger partial charge in [-0.25, -0.2) is 4.79 Å². The van der Waals surface area contributed by atoms with Gasteiger partial charge in [0.2, 0.25) is 0 Å². The molecular weight excluding hydrogens is 300 g/mol. The van der Waals surface area contributed by atoms with Crippen LogP contribution in [-0.2, 0) is 4.74 Å².